The van der Waals surface area contributed by atoms with Crippen molar-refractivity contribution in [1.29, 1.82) is 0 Å². The normalized spacial score (nSPS) is 10.6. The second-order valence-corrected chi connectivity index (χ2v) is 4.61. The van der Waals surface area contributed by atoms with Crippen LogP contribution in [0.3, 0.4) is 0 Å². The standard InChI is InChI=1S/C14H22N2O2/c1-10-11(2)13(18-5)8-6-12(10)7-9-14(17)15-16(3)4/h6,8H,7,9H2,1-5H3,(H,15,17). The largest absolute Gasteiger partial charge is 0.496 e. The molecule has 0 fully saturated rings. The summed E-state index contributed by atoms with van der Waals surface area (Å²) >= 11 is 0. The molecule has 0 heterocycles. The van der Waals surface area contributed by atoms with Gasteiger partial charge in [-0.05, 0) is 43.0 Å². The minimum Gasteiger partial charge on any atom is -0.496 e. The van der Waals surface area contributed by atoms with E-state index in [0.717, 1.165) is 17.7 Å². The van der Waals surface area contributed by atoms with Gasteiger partial charge in [-0.3, -0.25) is 10.2 Å². The molecule has 1 N–H and O–H groups in total. The summed E-state index contributed by atoms with van der Waals surface area (Å²) in [7, 11) is 5.29. The highest BCUT2D eigenvalue weighted by molar-refractivity contribution is 5.75. The maximum absolute atomic E-state index is 11.6. The van der Waals surface area contributed by atoms with Crippen LogP contribution >= 0.6 is 0 Å². The van der Waals surface area contributed by atoms with Gasteiger partial charge in [0.1, 0.15) is 5.75 Å². The Balaban J connectivity index is 2.69. The van der Waals surface area contributed by atoms with E-state index in [1.807, 2.05) is 19.1 Å². The Morgan fingerprint density at radius 1 is 1.28 bits per heavy atom. The summed E-state index contributed by atoms with van der Waals surface area (Å²) in [5.41, 5.74) is 6.28. The highest BCUT2D eigenvalue weighted by Crippen LogP contribution is 2.24. The molecule has 0 bridgehead atoms. The summed E-state index contributed by atoms with van der Waals surface area (Å²) in [6, 6.07) is 3.99. The lowest BCUT2D eigenvalue weighted by Crippen LogP contribution is -2.36. The van der Waals surface area contributed by atoms with Crippen molar-refractivity contribution in [3.63, 3.8) is 0 Å². The van der Waals surface area contributed by atoms with Crippen molar-refractivity contribution in [1.82, 2.24) is 10.4 Å². The summed E-state index contributed by atoms with van der Waals surface area (Å²) < 4.78 is 5.27. The van der Waals surface area contributed by atoms with E-state index in [4.69, 9.17) is 4.74 Å². The number of hydrogen-bond acceptors (Lipinski definition) is 3. The maximum atomic E-state index is 11.6. The van der Waals surface area contributed by atoms with E-state index in [1.165, 1.54) is 11.1 Å². The first-order valence-corrected chi connectivity index (χ1v) is 6.05. The van der Waals surface area contributed by atoms with Crippen LogP contribution in [0.1, 0.15) is 23.1 Å². The molecule has 0 aliphatic heterocycles. The molecule has 0 radical (unpaired) electrons. The van der Waals surface area contributed by atoms with Crippen LogP contribution in [0.5, 0.6) is 5.75 Å². The number of ether oxygens (including phenoxy) is 1. The molecule has 0 saturated heterocycles. The van der Waals surface area contributed by atoms with Crippen molar-refractivity contribution in [2.45, 2.75) is 26.7 Å². The van der Waals surface area contributed by atoms with E-state index < -0.39 is 0 Å². The molecule has 1 rings (SSSR count). The molecule has 0 aliphatic rings. The quantitative estimate of drug-likeness (QED) is 0.811. The number of amides is 1. The summed E-state index contributed by atoms with van der Waals surface area (Å²) in [4.78, 5) is 11.6. The van der Waals surface area contributed by atoms with Crippen LogP contribution < -0.4 is 10.2 Å². The second kappa shape index (κ2) is 6.40. The number of hydrazine groups is 1. The average molecular weight is 250 g/mol. The van der Waals surface area contributed by atoms with Crippen LogP contribution in [0.4, 0.5) is 0 Å². The van der Waals surface area contributed by atoms with Crippen LogP contribution in [0, 0.1) is 13.8 Å². The molecule has 4 nitrogen and oxygen atoms in total. The molecule has 0 saturated carbocycles. The van der Waals surface area contributed by atoms with Gasteiger partial charge in [-0.2, -0.15) is 0 Å². The third-order valence-corrected chi connectivity index (χ3v) is 3.04. The molecular weight excluding hydrogens is 228 g/mol. The topological polar surface area (TPSA) is 41.6 Å². The molecule has 1 aromatic rings. The molecule has 0 aromatic heterocycles. The third kappa shape index (κ3) is 3.74. The second-order valence-electron chi connectivity index (χ2n) is 4.61. The molecule has 0 aliphatic carbocycles. The Hall–Kier alpha value is -1.55. The first-order valence-electron chi connectivity index (χ1n) is 6.05. The zero-order valence-corrected chi connectivity index (χ0v) is 11.8. The van der Waals surface area contributed by atoms with Crippen molar-refractivity contribution < 1.29 is 9.53 Å². The SMILES string of the molecule is COc1ccc(CCC(=O)NN(C)C)c(C)c1C. The predicted molar refractivity (Wildman–Crippen MR) is 72.6 cm³/mol. The van der Waals surface area contributed by atoms with Gasteiger partial charge in [0, 0.05) is 20.5 Å². The predicted octanol–water partition coefficient (Wildman–Crippen LogP) is 1.84. The van der Waals surface area contributed by atoms with Crippen LogP contribution in [-0.4, -0.2) is 32.1 Å². The fourth-order valence-electron chi connectivity index (χ4n) is 1.90. The molecule has 18 heavy (non-hydrogen) atoms. The third-order valence-electron chi connectivity index (χ3n) is 3.04. The summed E-state index contributed by atoms with van der Waals surface area (Å²) in [5, 5.41) is 1.66. The average Bonchev–Trinajstić information content (AvgIpc) is 2.30. The Morgan fingerprint density at radius 2 is 1.94 bits per heavy atom. The number of hydrogen-bond donors (Lipinski definition) is 1. The molecule has 4 heteroatoms. The van der Waals surface area contributed by atoms with Gasteiger partial charge in [-0.1, -0.05) is 6.07 Å². The Labute approximate surface area is 109 Å². The molecule has 0 atom stereocenters. The smallest absolute Gasteiger partial charge is 0.234 e. The molecule has 1 aromatic carbocycles. The minimum absolute atomic E-state index is 0.0351. The fraction of sp³-hybridized carbons (Fsp3) is 0.500. The van der Waals surface area contributed by atoms with Crippen LogP contribution in [0.15, 0.2) is 12.1 Å². The Kier molecular flexibility index (Phi) is 5.16. The van der Waals surface area contributed by atoms with Gasteiger partial charge in [0.25, 0.3) is 0 Å². The van der Waals surface area contributed by atoms with E-state index in [1.54, 1.807) is 26.2 Å². The van der Waals surface area contributed by atoms with Crippen molar-refractivity contribution in [2.75, 3.05) is 21.2 Å². The monoisotopic (exact) mass is 250 g/mol. The van der Waals surface area contributed by atoms with Gasteiger partial charge in [-0.15, -0.1) is 0 Å². The van der Waals surface area contributed by atoms with Crippen molar-refractivity contribution in [3.8, 4) is 5.75 Å². The summed E-state index contributed by atoms with van der Waals surface area (Å²) in [6.07, 6.45) is 1.24. The zero-order valence-electron chi connectivity index (χ0n) is 11.8. The number of methoxy groups -OCH3 is 1. The molecule has 0 unspecified atom stereocenters. The number of carbonyl (C=O) groups is 1. The summed E-state index contributed by atoms with van der Waals surface area (Å²) in [5.74, 6) is 0.932. The van der Waals surface area contributed by atoms with E-state index in [2.05, 4.69) is 12.3 Å². The molecule has 100 valence electrons. The number of aryl methyl sites for hydroxylation is 1. The molecule has 1 amide bonds. The molecular formula is C14H22N2O2. The van der Waals surface area contributed by atoms with Crippen LogP contribution in [0.2, 0.25) is 0 Å². The lowest BCUT2D eigenvalue weighted by molar-refractivity contribution is -0.124. The highest BCUT2D eigenvalue weighted by Gasteiger charge is 2.09. The maximum Gasteiger partial charge on any atom is 0.234 e. The van der Waals surface area contributed by atoms with Gasteiger partial charge in [-0.25, -0.2) is 5.01 Å². The number of nitrogens with one attached hydrogen (secondary N) is 1. The summed E-state index contributed by atoms with van der Waals surface area (Å²) in [6.45, 7) is 4.11. The first kappa shape index (κ1) is 14.5. The van der Waals surface area contributed by atoms with Crippen molar-refractivity contribution >= 4 is 5.91 Å². The number of benzene rings is 1. The lowest BCUT2D eigenvalue weighted by Gasteiger charge is -2.14. The van der Waals surface area contributed by atoms with Crippen LogP contribution in [-0.2, 0) is 11.2 Å². The van der Waals surface area contributed by atoms with Gasteiger partial charge < -0.3 is 4.74 Å². The molecule has 0 spiro atoms. The number of carbonyl (C=O) groups excluding carboxylic acids is 1. The van der Waals surface area contributed by atoms with E-state index in [9.17, 15) is 4.79 Å². The van der Waals surface area contributed by atoms with Gasteiger partial charge >= 0.3 is 0 Å². The Bertz CT molecular complexity index is 428. The van der Waals surface area contributed by atoms with Crippen molar-refractivity contribution in [3.05, 3.63) is 28.8 Å². The minimum atomic E-state index is 0.0351. The van der Waals surface area contributed by atoms with Gasteiger partial charge in [0.2, 0.25) is 5.91 Å². The zero-order chi connectivity index (χ0) is 13.7. The van der Waals surface area contributed by atoms with E-state index >= 15 is 0 Å². The number of rotatable bonds is 5. The lowest BCUT2D eigenvalue weighted by atomic mass is 9.99. The first-order chi connectivity index (χ1) is 8.45. The van der Waals surface area contributed by atoms with Gasteiger partial charge in [0.15, 0.2) is 0 Å². The Morgan fingerprint density at radius 3 is 2.50 bits per heavy atom. The van der Waals surface area contributed by atoms with Crippen molar-refractivity contribution in [2.24, 2.45) is 0 Å². The fourth-order valence-corrected chi connectivity index (χ4v) is 1.90. The van der Waals surface area contributed by atoms with E-state index in [0.29, 0.717) is 6.42 Å². The van der Waals surface area contributed by atoms with Crippen LogP contribution in [0.25, 0.3) is 0 Å². The highest BCUT2D eigenvalue weighted by atomic mass is 16.5. The van der Waals surface area contributed by atoms with E-state index in [-0.39, 0.29) is 5.91 Å². The number of nitrogens with zero attached hydrogens (tertiary/aromatic N) is 1. The van der Waals surface area contributed by atoms with Gasteiger partial charge in [0.05, 0.1) is 7.11 Å².